The first-order chi connectivity index (χ1) is 36.0. The van der Waals surface area contributed by atoms with Crippen LogP contribution in [-0.2, 0) is 32.5 Å². The SMILES string of the molecule is C.CC.CC.CC.CC.CC.CC.Cc1ccc(C(C)(C)C)cc1.Cc1ccc(C(C)(C)C)cn1.Cc1ccc(C(C)(C)C)nc1.Cc1ccc(C(C)(C)C)nc1.Cc1cnc(C(C)(C)C)cn1.Cc1ncc(C(C)(C)C)cn1. The largest absolute Gasteiger partial charge is 0.261 e. The highest BCUT2D eigenvalue weighted by Gasteiger charge is 2.17. The van der Waals surface area contributed by atoms with Crippen molar-refractivity contribution in [3.05, 3.63) is 172 Å². The smallest absolute Gasteiger partial charge is 0.125 e. The predicted octanol–water partition coefficient (Wildman–Crippen LogP) is 22.3. The minimum atomic E-state index is 0. The van der Waals surface area contributed by atoms with Crippen LogP contribution in [0.15, 0.2) is 104 Å². The highest BCUT2D eigenvalue weighted by atomic mass is 14.8. The van der Waals surface area contributed by atoms with E-state index in [1.165, 1.54) is 33.4 Å². The van der Waals surface area contributed by atoms with Gasteiger partial charge in [-0.05, 0) is 104 Å². The summed E-state index contributed by atoms with van der Waals surface area (Å²) >= 11 is 0. The third-order valence-electron chi connectivity index (χ3n) is 10.3. The van der Waals surface area contributed by atoms with E-state index in [-0.39, 0.29) is 39.9 Å². The van der Waals surface area contributed by atoms with Gasteiger partial charge in [0.05, 0.1) is 11.4 Å². The molecule has 7 nitrogen and oxygen atoms in total. The van der Waals surface area contributed by atoms with E-state index in [0.29, 0.717) is 0 Å². The lowest BCUT2D eigenvalue weighted by Crippen LogP contribution is -2.13. The molecule has 0 N–H and O–H groups in total. The standard InChI is InChI=1S/C11H16.3C10H15N.2C9H14N2.6C2H6.CH4/c1-9-5-7-10(8-6-9)11(2,3)4;1-8-5-6-9(7-11-8)10(2,3)4;2*1-8-5-6-9(11-7-8)10(2,3)4;1-7-10-5-8(6-11-7)9(2,3)4;1-7-5-11-8(6-10-7)9(2,3)4;6*1-2;/h5-8H,1-4H3;3*5-7H,1-4H3;2*5-6H,1-4H3;6*1-2H3;1H4. The predicted molar refractivity (Wildman–Crippen MR) is 359 cm³/mol. The Morgan fingerprint density at radius 1 is 0.228 bits per heavy atom. The molecule has 452 valence electrons. The number of rotatable bonds is 0. The molecule has 5 aromatic heterocycles. The molecule has 0 aliphatic heterocycles. The van der Waals surface area contributed by atoms with Crippen LogP contribution < -0.4 is 0 Å². The normalized spacial score (nSPS) is 10.2. The number of aromatic nitrogens is 7. The molecule has 0 radical (unpaired) electrons. The zero-order valence-corrected chi connectivity index (χ0v) is 57.9. The van der Waals surface area contributed by atoms with Gasteiger partial charge in [0, 0.05) is 76.7 Å². The van der Waals surface area contributed by atoms with E-state index >= 15 is 0 Å². The van der Waals surface area contributed by atoms with Crippen molar-refractivity contribution in [2.24, 2.45) is 0 Å². The van der Waals surface area contributed by atoms with Crippen molar-refractivity contribution < 1.29 is 0 Å². The van der Waals surface area contributed by atoms with Crippen LogP contribution in [0.5, 0.6) is 0 Å². The van der Waals surface area contributed by atoms with Gasteiger partial charge in [-0.1, -0.05) is 263 Å². The van der Waals surface area contributed by atoms with E-state index in [1.807, 2.05) is 141 Å². The Balaban J connectivity index is -0.000000151. The second-order valence-electron chi connectivity index (χ2n) is 23.6. The van der Waals surface area contributed by atoms with Gasteiger partial charge >= 0.3 is 0 Å². The molecule has 0 amide bonds. The summed E-state index contributed by atoms with van der Waals surface area (Å²) in [5.74, 6) is 0.831. The Hall–Kier alpha value is -5.17. The van der Waals surface area contributed by atoms with E-state index in [1.54, 1.807) is 6.20 Å². The molecule has 0 spiro atoms. The molecular formula is C72H129N7. The van der Waals surface area contributed by atoms with Crippen LogP contribution in [0.1, 0.15) is 283 Å². The molecule has 0 saturated heterocycles. The van der Waals surface area contributed by atoms with Gasteiger partial charge in [-0.25, -0.2) is 9.97 Å². The van der Waals surface area contributed by atoms with Gasteiger partial charge in [0.2, 0.25) is 0 Å². The van der Waals surface area contributed by atoms with Crippen LogP contribution in [0.4, 0.5) is 0 Å². The van der Waals surface area contributed by atoms with Crippen molar-refractivity contribution >= 4 is 0 Å². The lowest BCUT2D eigenvalue weighted by molar-refractivity contribution is 0.564. The number of hydrogen-bond donors (Lipinski definition) is 0. The van der Waals surface area contributed by atoms with Gasteiger partial charge in [-0.3, -0.25) is 24.9 Å². The molecule has 79 heavy (non-hydrogen) atoms. The molecule has 7 heteroatoms. The minimum absolute atomic E-state index is 0. The summed E-state index contributed by atoms with van der Waals surface area (Å²) in [4.78, 5) is 29.7. The van der Waals surface area contributed by atoms with Gasteiger partial charge in [0.25, 0.3) is 0 Å². The molecular weight excluding hydrogens is 963 g/mol. The first-order valence-corrected chi connectivity index (χ1v) is 29.4. The molecule has 0 atom stereocenters. The number of aryl methyl sites for hydroxylation is 6. The maximum Gasteiger partial charge on any atom is 0.125 e. The van der Waals surface area contributed by atoms with Crippen LogP contribution >= 0.6 is 0 Å². The summed E-state index contributed by atoms with van der Waals surface area (Å²) in [6.45, 7) is 75.2. The number of benzene rings is 1. The lowest BCUT2D eigenvalue weighted by Gasteiger charge is -2.18. The van der Waals surface area contributed by atoms with Crippen LogP contribution in [0, 0.1) is 41.5 Å². The fraction of sp³-hybridized carbons (Fsp3) is 0.597. The van der Waals surface area contributed by atoms with E-state index in [0.717, 1.165) is 34.3 Å². The van der Waals surface area contributed by atoms with Gasteiger partial charge in [-0.15, -0.1) is 0 Å². The zero-order valence-electron chi connectivity index (χ0n) is 57.9. The molecule has 6 aromatic rings. The van der Waals surface area contributed by atoms with Crippen LogP contribution in [0.25, 0.3) is 0 Å². The number of nitrogens with zero attached hydrogens (tertiary/aromatic N) is 7. The average Bonchev–Trinajstić information content (AvgIpc) is 3.38. The third-order valence-corrected chi connectivity index (χ3v) is 10.3. The van der Waals surface area contributed by atoms with Crippen molar-refractivity contribution in [1.29, 1.82) is 0 Å². The quantitative estimate of drug-likeness (QED) is 0.150. The third kappa shape index (κ3) is 44.3. The molecule has 0 unspecified atom stereocenters. The molecule has 6 rings (SSSR count). The van der Waals surface area contributed by atoms with Crippen LogP contribution in [0.2, 0.25) is 0 Å². The van der Waals surface area contributed by atoms with E-state index in [4.69, 9.17) is 0 Å². The fourth-order valence-electron chi connectivity index (χ4n) is 5.35. The highest BCUT2D eigenvalue weighted by Crippen LogP contribution is 2.24. The Labute approximate surface area is 493 Å². The number of pyridine rings is 3. The van der Waals surface area contributed by atoms with Gasteiger partial charge < -0.3 is 0 Å². The van der Waals surface area contributed by atoms with E-state index in [9.17, 15) is 0 Å². The first kappa shape index (κ1) is 87.7. The average molecular weight is 1090 g/mol. The maximum atomic E-state index is 4.35. The summed E-state index contributed by atoms with van der Waals surface area (Å²) in [6.07, 6.45) is 13.2. The van der Waals surface area contributed by atoms with Crippen molar-refractivity contribution in [1.82, 2.24) is 34.9 Å². The Morgan fingerprint density at radius 2 is 0.519 bits per heavy atom. The van der Waals surface area contributed by atoms with Crippen molar-refractivity contribution in [2.75, 3.05) is 0 Å². The van der Waals surface area contributed by atoms with Crippen molar-refractivity contribution in [2.45, 2.75) is 289 Å². The molecule has 5 heterocycles. The first-order valence-electron chi connectivity index (χ1n) is 29.4. The molecule has 1 aromatic carbocycles. The summed E-state index contributed by atoms with van der Waals surface area (Å²) in [6, 6.07) is 21.3. The zero-order chi connectivity index (χ0) is 62.9. The summed E-state index contributed by atoms with van der Waals surface area (Å²) in [5.41, 5.74) is 14.2. The molecule has 0 aliphatic carbocycles. The Kier molecular flexibility index (Phi) is 50.6. The minimum Gasteiger partial charge on any atom is -0.261 e. The second-order valence-corrected chi connectivity index (χ2v) is 23.6. The number of hydrogen-bond acceptors (Lipinski definition) is 7. The Morgan fingerprint density at radius 3 is 0.772 bits per heavy atom. The molecule has 0 bridgehead atoms. The highest BCUT2D eigenvalue weighted by molar-refractivity contribution is 5.27. The topological polar surface area (TPSA) is 90.2 Å². The lowest BCUT2D eigenvalue weighted by atomic mass is 9.87. The summed E-state index contributed by atoms with van der Waals surface area (Å²) in [7, 11) is 0. The van der Waals surface area contributed by atoms with Crippen LogP contribution in [-0.4, -0.2) is 34.9 Å². The van der Waals surface area contributed by atoms with Gasteiger partial charge in [0.15, 0.2) is 0 Å². The summed E-state index contributed by atoms with van der Waals surface area (Å²) in [5, 5.41) is 0. The second kappa shape index (κ2) is 45.5. The van der Waals surface area contributed by atoms with Crippen LogP contribution in [0.3, 0.4) is 0 Å². The van der Waals surface area contributed by atoms with Crippen molar-refractivity contribution in [3.63, 3.8) is 0 Å². The Bertz CT molecular complexity index is 1800. The molecule has 0 aliphatic rings. The summed E-state index contributed by atoms with van der Waals surface area (Å²) < 4.78 is 0. The van der Waals surface area contributed by atoms with E-state index < -0.39 is 0 Å². The fourth-order valence-corrected chi connectivity index (χ4v) is 5.35. The maximum absolute atomic E-state index is 4.35. The van der Waals surface area contributed by atoms with Crippen molar-refractivity contribution in [3.8, 4) is 0 Å². The van der Waals surface area contributed by atoms with Gasteiger partial charge in [0.1, 0.15) is 5.82 Å². The molecule has 0 fully saturated rings. The van der Waals surface area contributed by atoms with E-state index in [2.05, 4.69) is 241 Å². The monoisotopic (exact) mass is 1090 g/mol. The molecule has 0 saturated carbocycles. The van der Waals surface area contributed by atoms with Gasteiger partial charge in [-0.2, -0.15) is 0 Å².